The minimum Gasteiger partial charge on any atom is -0.274 e. The van der Waals surface area contributed by atoms with Crippen molar-refractivity contribution in [3.8, 4) is 17.3 Å². The van der Waals surface area contributed by atoms with E-state index in [0.29, 0.717) is 23.0 Å². The van der Waals surface area contributed by atoms with Crippen molar-refractivity contribution in [1.29, 1.82) is 5.26 Å². The molecule has 9 heteroatoms. The van der Waals surface area contributed by atoms with Crippen molar-refractivity contribution in [2.45, 2.75) is 22.9 Å². The monoisotopic (exact) mass is 453 g/mol. The van der Waals surface area contributed by atoms with Gasteiger partial charge in [-0.25, -0.2) is 9.88 Å². The number of hydrogen-bond donors (Lipinski definition) is 0. The van der Waals surface area contributed by atoms with E-state index in [9.17, 15) is 28.0 Å². The number of halogens is 3. The quantitative estimate of drug-likeness (QED) is 0.516. The third-order valence-corrected chi connectivity index (χ3v) is 6.02. The number of rotatable bonds is 4. The average molecular weight is 453 g/mol. The van der Waals surface area contributed by atoms with Crippen molar-refractivity contribution < 1.29 is 22.8 Å². The van der Waals surface area contributed by atoms with Gasteiger partial charge < -0.3 is 0 Å². The number of pyridine rings is 1. The van der Waals surface area contributed by atoms with Crippen molar-refractivity contribution in [2.75, 3.05) is 4.90 Å². The first-order valence-electron chi connectivity index (χ1n) is 9.46. The molecule has 0 N–H and O–H groups in total. The maximum atomic E-state index is 13.7. The SMILES string of the molecule is N#Cc1c(C(F)(F)F)cc(-c2ccccc2)nc1S[C@H]1CC(=O)N(c2ccccc2)C1=O. The zero-order chi connectivity index (χ0) is 22.9. The molecule has 4 rings (SSSR count). The zero-order valence-corrected chi connectivity index (χ0v) is 17.2. The van der Waals surface area contributed by atoms with E-state index in [0.717, 1.165) is 11.0 Å². The molecule has 2 amide bonds. The van der Waals surface area contributed by atoms with Gasteiger partial charge in [-0.15, -0.1) is 0 Å². The summed E-state index contributed by atoms with van der Waals surface area (Å²) in [6.45, 7) is 0. The number of amides is 2. The highest BCUT2D eigenvalue weighted by atomic mass is 32.2. The summed E-state index contributed by atoms with van der Waals surface area (Å²) < 4.78 is 41.2. The molecule has 32 heavy (non-hydrogen) atoms. The van der Waals surface area contributed by atoms with E-state index in [2.05, 4.69) is 4.98 Å². The van der Waals surface area contributed by atoms with E-state index in [4.69, 9.17) is 0 Å². The van der Waals surface area contributed by atoms with Crippen LogP contribution in [0.1, 0.15) is 17.5 Å². The van der Waals surface area contributed by atoms with Crippen molar-refractivity contribution >= 4 is 29.3 Å². The van der Waals surface area contributed by atoms with E-state index < -0.39 is 34.4 Å². The molecule has 0 saturated carbocycles. The predicted octanol–water partition coefficient (Wildman–Crippen LogP) is 5.06. The smallest absolute Gasteiger partial charge is 0.274 e. The third-order valence-electron chi connectivity index (χ3n) is 4.85. The summed E-state index contributed by atoms with van der Waals surface area (Å²) in [6, 6.07) is 18.9. The number of nitrogens with zero attached hydrogens (tertiary/aromatic N) is 3. The van der Waals surface area contributed by atoms with Gasteiger partial charge in [0.05, 0.1) is 27.8 Å². The molecule has 0 spiro atoms. The van der Waals surface area contributed by atoms with Gasteiger partial charge in [0.25, 0.3) is 0 Å². The molecule has 2 aromatic carbocycles. The number of anilines is 1. The zero-order valence-electron chi connectivity index (χ0n) is 16.3. The molecule has 0 aliphatic carbocycles. The second-order valence-corrected chi connectivity index (χ2v) is 8.12. The highest BCUT2D eigenvalue weighted by Gasteiger charge is 2.42. The van der Waals surface area contributed by atoms with Gasteiger partial charge in [0.15, 0.2) is 0 Å². The summed E-state index contributed by atoms with van der Waals surface area (Å²) in [7, 11) is 0. The van der Waals surface area contributed by atoms with Crippen LogP contribution < -0.4 is 4.90 Å². The van der Waals surface area contributed by atoms with Gasteiger partial charge in [0.2, 0.25) is 11.8 Å². The lowest BCUT2D eigenvalue weighted by Gasteiger charge is -2.17. The number of para-hydroxylation sites is 1. The number of thioether (sulfide) groups is 1. The normalized spacial score (nSPS) is 16.3. The maximum Gasteiger partial charge on any atom is 0.417 e. The molecule has 1 aliphatic heterocycles. The number of benzene rings is 2. The molecule has 0 radical (unpaired) electrons. The lowest BCUT2D eigenvalue weighted by molar-refractivity contribution is -0.138. The topological polar surface area (TPSA) is 74.1 Å². The Labute approximate surface area is 185 Å². The fourth-order valence-corrected chi connectivity index (χ4v) is 4.50. The van der Waals surface area contributed by atoms with Crippen LogP contribution in [0.15, 0.2) is 71.8 Å². The van der Waals surface area contributed by atoms with Crippen LogP contribution in [0.3, 0.4) is 0 Å². The highest BCUT2D eigenvalue weighted by Crippen LogP contribution is 2.41. The molecular formula is C23H14F3N3O2S. The van der Waals surface area contributed by atoms with Gasteiger partial charge in [-0.05, 0) is 18.2 Å². The number of carbonyl (C=O) groups excluding carboxylic acids is 2. The van der Waals surface area contributed by atoms with Crippen LogP contribution in [0.25, 0.3) is 11.3 Å². The Bertz CT molecular complexity index is 1220. The fourth-order valence-electron chi connectivity index (χ4n) is 3.37. The standard InChI is InChI=1S/C23H14F3N3O2S/c24-23(25,26)17-11-18(14-7-3-1-4-8-14)28-21(16(17)13-27)32-19-12-20(30)29(22(19)31)15-9-5-2-6-10-15/h1-11,19H,12H2/t19-/m0/s1. The summed E-state index contributed by atoms with van der Waals surface area (Å²) in [5.74, 6) is -1.02. The van der Waals surface area contributed by atoms with Gasteiger partial charge >= 0.3 is 6.18 Å². The summed E-state index contributed by atoms with van der Waals surface area (Å²) in [4.78, 5) is 30.7. The summed E-state index contributed by atoms with van der Waals surface area (Å²) in [5.41, 5.74) is -0.957. The van der Waals surface area contributed by atoms with E-state index in [1.807, 2.05) is 0 Å². The van der Waals surface area contributed by atoms with Gasteiger partial charge in [-0.2, -0.15) is 18.4 Å². The molecule has 1 aromatic heterocycles. The van der Waals surface area contributed by atoms with Crippen LogP contribution in [0.5, 0.6) is 0 Å². The van der Waals surface area contributed by atoms with Crippen molar-refractivity contribution in [3.05, 3.63) is 77.9 Å². The highest BCUT2D eigenvalue weighted by molar-refractivity contribution is 8.00. The Hall–Kier alpha value is -3.64. The maximum absolute atomic E-state index is 13.7. The minimum atomic E-state index is -4.79. The molecule has 1 atom stereocenters. The number of hydrogen-bond acceptors (Lipinski definition) is 5. The lowest BCUT2D eigenvalue weighted by Crippen LogP contribution is -2.31. The van der Waals surface area contributed by atoms with Crippen LogP contribution in [-0.4, -0.2) is 22.0 Å². The Morgan fingerprint density at radius 2 is 1.66 bits per heavy atom. The molecule has 1 aliphatic rings. The van der Waals surface area contributed by atoms with Gasteiger partial charge in [-0.3, -0.25) is 9.59 Å². The number of aromatic nitrogens is 1. The molecule has 0 bridgehead atoms. The largest absolute Gasteiger partial charge is 0.417 e. The van der Waals surface area contributed by atoms with Crippen molar-refractivity contribution in [3.63, 3.8) is 0 Å². The molecular weight excluding hydrogens is 439 g/mol. The number of imide groups is 1. The second-order valence-electron chi connectivity index (χ2n) is 6.92. The summed E-state index contributed by atoms with van der Waals surface area (Å²) in [6.07, 6.45) is -5.00. The molecule has 3 aromatic rings. The minimum absolute atomic E-state index is 0.0242. The Morgan fingerprint density at radius 1 is 1.03 bits per heavy atom. The first-order valence-corrected chi connectivity index (χ1v) is 10.3. The number of nitriles is 1. The van der Waals surface area contributed by atoms with E-state index >= 15 is 0 Å². The number of alkyl halides is 3. The van der Waals surface area contributed by atoms with Gasteiger partial charge in [0, 0.05) is 12.0 Å². The third kappa shape index (κ3) is 4.09. The first kappa shape index (κ1) is 21.6. The van der Waals surface area contributed by atoms with E-state index in [1.54, 1.807) is 66.7 Å². The fraction of sp³-hybridized carbons (Fsp3) is 0.130. The van der Waals surface area contributed by atoms with Crippen LogP contribution >= 0.6 is 11.8 Å². The molecule has 2 heterocycles. The van der Waals surface area contributed by atoms with Crippen LogP contribution in [-0.2, 0) is 15.8 Å². The summed E-state index contributed by atoms with van der Waals surface area (Å²) in [5, 5.41) is 8.25. The predicted molar refractivity (Wildman–Crippen MR) is 113 cm³/mol. The van der Waals surface area contributed by atoms with E-state index in [-0.39, 0.29) is 17.1 Å². The first-order chi connectivity index (χ1) is 15.3. The molecule has 160 valence electrons. The van der Waals surface area contributed by atoms with Crippen LogP contribution in [0.4, 0.5) is 18.9 Å². The van der Waals surface area contributed by atoms with Crippen LogP contribution in [0, 0.1) is 11.3 Å². The van der Waals surface area contributed by atoms with Gasteiger partial charge in [0.1, 0.15) is 11.1 Å². The Morgan fingerprint density at radius 3 is 2.25 bits per heavy atom. The molecule has 1 fully saturated rings. The van der Waals surface area contributed by atoms with E-state index in [1.165, 1.54) is 0 Å². The number of carbonyl (C=O) groups is 2. The molecule has 1 saturated heterocycles. The molecule has 5 nitrogen and oxygen atoms in total. The van der Waals surface area contributed by atoms with Gasteiger partial charge in [-0.1, -0.05) is 60.3 Å². The lowest BCUT2D eigenvalue weighted by atomic mass is 10.1. The van der Waals surface area contributed by atoms with Crippen LogP contribution in [0.2, 0.25) is 0 Å². The Kier molecular flexibility index (Phi) is 5.72. The Balaban J connectivity index is 1.76. The molecule has 0 unspecified atom stereocenters. The van der Waals surface area contributed by atoms with Crippen molar-refractivity contribution in [1.82, 2.24) is 4.98 Å². The second kappa shape index (κ2) is 8.48. The average Bonchev–Trinajstić information content (AvgIpc) is 3.06. The van der Waals surface area contributed by atoms with Crippen molar-refractivity contribution in [2.24, 2.45) is 0 Å². The summed E-state index contributed by atoms with van der Waals surface area (Å²) >= 11 is 0.706.